The zero-order valence-electron chi connectivity index (χ0n) is 13.9. The number of benzene rings is 2. The number of ether oxygens (including phenoxy) is 1. The average molecular weight is 413 g/mol. The second kappa shape index (κ2) is 8.54. The molecule has 0 spiro atoms. The van der Waals surface area contributed by atoms with Crippen LogP contribution in [-0.4, -0.2) is 11.1 Å². The van der Waals surface area contributed by atoms with Gasteiger partial charge in [-0.15, -0.1) is 0 Å². The van der Waals surface area contributed by atoms with Crippen molar-refractivity contribution in [2.24, 2.45) is 0 Å². The molecule has 1 heterocycles. The zero-order chi connectivity index (χ0) is 18.4. The van der Waals surface area contributed by atoms with E-state index in [4.69, 9.17) is 14.3 Å². The van der Waals surface area contributed by atoms with E-state index in [1.807, 2.05) is 54.6 Å². The summed E-state index contributed by atoms with van der Waals surface area (Å²) in [4.78, 5) is 11.0. The van der Waals surface area contributed by atoms with Gasteiger partial charge in [-0.05, 0) is 53.6 Å². The topological polar surface area (TPSA) is 59.7 Å². The van der Waals surface area contributed by atoms with Crippen LogP contribution >= 0.6 is 15.9 Å². The molecule has 3 rings (SSSR count). The fraction of sp³-hybridized carbons (Fsp3) is 0.0952. The number of halogens is 1. The van der Waals surface area contributed by atoms with Gasteiger partial charge in [0.1, 0.15) is 18.1 Å². The van der Waals surface area contributed by atoms with Crippen LogP contribution in [-0.2, 0) is 17.8 Å². The highest BCUT2D eigenvalue weighted by Crippen LogP contribution is 2.23. The van der Waals surface area contributed by atoms with Gasteiger partial charge in [-0.1, -0.05) is 40.2 Å². The fourth-order valence-electron chi connectivity index (χ4n) is 2.53. The smallest absolute Gasteiger partial charge is 0.307 e. The van der Waals surface area contributed by atoms with Gasteiger partial charge >= 0.3 is 5.97 Å². The van der Waals surface area contributed by atoms with Crippen LogP contribution in [0.5, 0.6) is 5.75 Å². The number of carboxylic acids is 1. The van der Waals surface area contributed by atoms with Crippen molar-refractivity contribution >= 4 is 34.1 Å². The van der Waals surface area contributed by atoms with Crippen molar-refractivity contribution in [2.45, 2.75) is 13.0 Å². The van der Waals surface area contributed by atoms with Gasteiger partial charge in [-0.25, -0.2) is 0 Å². The maximum Gasteiger partial charge on any atom is 0.307 e. The summed E-state index contributed by atoms with van der Waals surface area (Å²) in [7, 11) is 0. The van der Waals surface area contributed by atoms with E-state index >= 15 is 0 Å². The van der Waals surface area contributed by atoms with Crippen LogP contribution in [0, 0.1) is 0 Å². The normalized spacial score (nSPS) is 11.0. The number of furan rings is 1. The highest BCUT2D eigenvalue weighted by molar-refractivity contribution is 9.10. The SMILES string of the molecule is O=C(O)Cc1ccccc1OCc1cc(Br)cc(C=Cc2ccco2)c1. The maximum atomic E-state index is 11.0. The van der Waals surface area contributed by atoms with E-state index in [2.05, 4.69) is 15.9 Å². The van der Waals surface area contributed by atoms with E-state index in [-0.39, 0.29) is 6.42 Å². The largest absolute Gasteiger partial charge is 0.489 e. The Balaban J connectivity index is 1.73. The van der Waals surface area contributed by atoms with Crippen molar-refractivity contribution in [3.8, 4) is 5.75 Å². The number of carbonyl (C=O) groups is 1. The van der Waals surface area contributed by atoms with Crippen molar-refractivity contribution in [1.82, 2.24) is 0 Å². The average Bonchev–Trinajstić information content (AvgIpc) is 3.12. The molecule has 0 bridgehead atoms. The summed E-state index contributed by atoms with van der Waals surface area (Å²) in [5.41, 5.74) is 2.64. The number of rotatable bonds is 7. The molecule has 1 aromatic heterocycles. The molecule has 4 nitrogen and oxygen atoms in total. The highest BCUT2D eigenvalue weighted by Gasteiger charge is 2.08. The van der Waals surface area contributed by atoms with Crippen LogP contribution in [0.1, 0.15) is 22.5 Å². The third-order valence-electron chi connectivity index (χ3n) is 3.67. The molecule has 0 fully saturated rings. The third kappa shape index (κ3) is 5.10. The molecule has 0 radical (unpaired) electrons. The minimum absolute atomic E-state index is 0.0637. The molecule has 0 aliphatic rings. The lowest BCUT2D eigenvalue weighted by Gasteiger charge is -2.11. The first-order valence-electron chi connectivity index (χ1n) is 8.04. The predicted molar refractivity (Wildman–Crippen MR) is 104 cm³/mol. The fourth-order valence-corrected chi connectivity index (χ4v) is 3.09. The second-order valence-corrected chi connectivity index (χ2v) is 6.62. The lowest BCUT2D eigenvalue weighted by Crippen LogP contribution is -2.04. The summed E-state index contributed by atoms with van der Waals surface area (Å²) >= 11 is 3.51. The van der Waals surface area contributed by atoms with Gasteiger partial charge in [0.15, 0.2) is 0 Å². The Morgan fingerprint density at radius 3 is 2.73 bits per heavy atom. The van der Waals surface area contributed by atoms with Gasteiger partial charge in [0.2, 0.25) is 0 Å². The summed E-state index contributed by atoms with van der Waals surface area (Å²) in [6.07, 6.45) is 5.43. The molecule has 0 aliphatic carbocycles. The lowest BCUT2D eigenvalue weighted by atomic mass is 10.1. The van der Waals surface area contributed by atoms with Crippen LogP contribution in [0.25, 0.3) is 12.2 Å². The molecule has 1 N–H and O–H groups in total. The number of carboxylic acid groups (broad SMARTS) is 1. The van der Waals surface area contributed by atoms with E-state index in [0.717, 1.165) is 21.4 Å². The van der Waals surface area contributed by atoms with Gasteiger partial charge < -0.3 is 14.3 Å². The van der Waals surface area contributed by atoms with Gasteiger partial charge in [-0.3, -0.25) is 4.79 Å². The summed E-state index contributed by atoms with van der Waals surface area (Å²) in [6.45, 7) is 0.345. The molecule has 0 amide bonds. The molecule has 2 aromatic carbocycles. The molecule has 3 aromatic rings. The molecule has 0 saturated carbocycles. The molecule has 26 heavy (non-hydrogen) atoms. The third-order valence-corrected chi connectivity index (χ3v) is 4.13. The number of para-hydroxylation sites is 1. The molecule has 0 saturated heterocycles. The Hall–Kier alpha value is -2.79. The first-order chi connectivity index (χ1) is 12.6. The summed E-state index contributed by atoms with van der Waals surface area (Å²) < 4.78 is 12.1. The van der Waals surface area contributed by atoms with Crippen molar-refractivity contribution < 1.29 is 19.1 Å². The van der Waals surface area contributed by atoms with Crippen molar-refractivity contribution in [1.29, 1.82) is 0 Å². The molecule has 132 valence electrons. The maximum absolute atomic E-state index is 11.0. The van der Waals surface area contributed by atoms with Crippen molar-refractivity contribution in [3.63, 3.8) is 0 Å². The minimum atomic E-state index is -0.881. The first kappa shape index (κ1) is 18.0. The Bertz CT molecular complexity index is 914. The standard InChI is InChI=1S/C21H17BrO4/c22-18-11-15(7-8-19-5-3-9-25-19)10-16(12-18)14-26-20-6-2-1-4-17(20)13-21(23)24/h1-12H,13-14H2,(H,23,24). The summed E-state index contributed by atoms with van der Waals surface area (Å²) in [5.74, 6) is 0.488. The lowest BCUT2D eigenvalue weighted by molar-refractivity contribution is -0.136. The molecular weight excluding hydrogens is 396 g/mol. The molecule has 5 heteroatoms. The molecular formula is C21H17BrO4. The Morgan fingerprint density at radius 2 is 1.96 bits per heavy atom. The Morgan fingerprint density at radius 1 is 1.12 bits per heavy atom. The van der Waals surface area contributed by atoms with Crippen LogP contribution in [0.4, 0.5) is 0 Å². The molecule has 0 unspecified atom stereocenters. The number of hydrogen-bond acceptors (Lipinski definition) is 3. The van der Waals surface area contributed by atoms with Gasteiger partial charge in [0.25, 0.3) is 0 Å². The van der Waals surface area contributed by atoms with Crippen LogP contribution < -0.4 is 4.74 Å². The zero-order valence-corrected chi connectivity index (χ0v) is 15.5. The predicted octanol–water partition coefficient (Wildman–Crippen LogP) is 5.42. The van der Waals surface area contributed by atoms with E-state index in [1.165, 1.54) is 0 Å². The number of hydrogen-bond donors (Lipinski definition) is 1. The van der Waals surface area contributed by atoms with Crippen LogP contribution in [0.3, 0.4) is 0 Å². The molecule has 0 atom stereocenters. The molecule has 0 aliphatic heterocycles. The van der Waals surface area contributed by atoms with E-state index in [9.17, 15) is 4.79 Å². The van der Waals surface area contributed by atoms with E-state index < -0.39 is 5.97 Å². The van der Waals surface area contributed by atoms with Gasteiger partial charge in [-0.2, -0.15) is 0 Å². The van der Waals surface area contributed by atoms with Crippen LogP contribution in [0.15, 0.2) is 69.8 Å². The quantitative estimate of drug-likeness (QED) is 0.562. The van der Waals surface area contributed by atoms with Crippen molar-refractivity contribution in [2.75, 3.05) is 0 Å². The highest BCUT2D eigenvalue weighted by atomic mass is 79.9. The van der Waals surface area contributed by atoms with Gasteiger partial charge in [0.05, 0.1) is 12.7 Å². The first-order valence-corrected chi connectivity index (χ1v) is 8.83. The van der Waals surface area contributed by atoms with E-state index in [1.54, 1.807) is 18.4 Å². The van der Waals surface area contributed by atoms with Crippen LogP contribution in [0.2, 0.25) is 0 Å². The summed E-state index contributed by atoms with van der Waals surface area (Å²) in [6, 6.07) is 16.9. The van der Waals surface area contributed by atoms with E-state index in [0.29, 0.717) is 17.9 Å². The van der Waals surface area contributed by atoms with Gasteiger partial charge in [0, 0.05) is 10.0 Å². The monoisotopic (exact) mass is 412 g/mol. The minimum Gasteiger partial charge on any atom is -0.489 e. The Kier molecular flexibility index (Phi) is 5.92. The second-order valence-electron chi connectivity index (χ2n) is 5.71. The summed E-state index contributed by atoms with van der Waals surface area (Å²) in [5, 5.41) is 9.01. The van der Waals surface area contributed by atoms with Crippen molar-refractivity contribution in [3.05, 3.63) is 87.8 Å². The number of aliphatic carboxylic acids is 1. The Labute approximate surface area is 159 Å².